The van der Waals surface area contributed by atoms with Crippen molar-refractivity contribution in [3.8, 4) is 0 Å². The molecule has 0 saturated carbocycles. The van der Waals surface area contributed by atoms with Crippen molar-refractivity contribution in [2.75, 3.05) is 41.3 Å². The summed E-state index contributed by atoms with van der Waals surface area (Å²) >= 11 is 0. The summed E-state index contributed by atoms with van der Waals surface area (Å²) in [5.74, 6) is 0.797. The Morgan fingerprint density at radius 2 is 1.66 bits per heavy atom. The fourth-order valence-electron chi connectivity index (χ4n) is 4.11. The first kappa shape index (κ1) is 20.1. The molecule has 7 heteroatoms. The number of anilines is 3. The fraction of sp³-hybridized carbons (Fsp3) is 0.240. The molecule has 1 aliphatic rings. The maximum atomic E-state index is 12.4. The van der Waals surface area contributed by atoms with Crippen molar-refractivity contribution >= 4 is 28.2 Å². The second kappa shape index (κ2) is 8.70. The third-order valence-corrected chi connectivity index (χ3v) is 5.91. The first-order chi connectivity index (χ1) is 15.7. The van der Waals surface area contributed by atoms with Crippen LogP contribution in [0.4, 0.5) is 17.3 Å². The van der Waals surface area contributed by atoms with Gasteiger partial charge in [-0.15, -0.1) is 0 Å². The van der Waals surface area contributed by atoms with Gasteiger partial charge in [0.05, 0.1) is 0 Å². The van der Waals surface area contributed by atoms with Crippen molar-refractivity contribution in [1.29, 1.82) is 0 Å². The van der Waals surface area contributed by atoms with Gasteiger partial charge >= 0.3 is 0 Å². The van der Waals surface area contributed by atoms with E-state index in [0.29, 0.717) is 6.54 Å². The van der Waals surface area contributed by atoms with Crippen LogP contribution in [0, 0.1) is 6.92 Å². The molecule has 2 aromatic carbocycles. The number of hydrogen-bond acceptors (Lipinski definition) is 6. The van der Waals surface area contributed by atoms with Gasteiger partial charge < -0.3 is 20.1 Å². The molecule has 0 atom stereocenters. The molecule has 0 radical (unpaired) electrons. The molecule has 162 valence electrons. The van der Waals surface area contributed by atoms with Crippen LogP contribution >= 0.6 is 0 Å². The minimum absolute atomic E-state index is 0.0502. The standard InChI is InChI=1S/C25H26N6O/c1-18-3-8-23-19(15-18)16-20(24(32)29-23)17-28-21-4-6-22(7-5-21)30-11-13-31(14-12-30)25-26-9-2-10-27-25/h2-10,15-16,28H,11-14,17H2,1H3,(H,29,32). The van der Waals surface area contributed by atoms with Gasteiger partial charge in [-0.25, -0.2) is 9.97 Å². The van der Waals surface area contributed by atoms with E-state index in [9.17, 15) is 4.79 Å². The number of piperazine rings is 1. The normalized spacial score (nSPS) is 14.0. The summed E-state index contributed by atoms with van der Waals surface area (Å²) in [5.41, 5.74) is 4.91. The predicted molar refractivity (Wildman–Crippen MR) is 130 cm³/mol. The third kappa shape index (κ3) is 4.27. The molecule has 2 aromatic heterocycles. The molecule has 4 aromatic rings. The fourth-order valence-corrected chi connectivity index (χ4v) is 4.11. The number of nitrogens with one attached hydrogen (secondary N) is 2. The Balaban J connectivity index is 1.21. The van der Waals surface area contributed by atoms with Crippen LogP contribution in [0.25, 0.3) is 10.9 Å². The molecule has 5 rings (SSSR count). The quantitative estimate of drug-likeness (QED) is 0.508. The van der Waals surface area contributed by atoms with E-state index in [1.54, 1.807) is 12.4 Å². The van der Waals surface area contributed by atoms with Gasteiger partial charge in [-0.05, 0) is 60.8 Å². The summed E-state index contributed by atoms with van der Waals surface area (Å²) in [7, 11) is 0. The summed E-state index contributed by atoms with van der Waals surface area (Å²) in [6, 6.07) is 18.3. The van der Waals surface area contributed by atoms with E-state index in [0.717, 1.165) is 54.3 Å². The van der Waals surface area contributed by atoms with Gasteiger partial charge in [-0.3, -0.25) is 4.79 Å². The number of benzene rings is 2. The first-order valence-corrected chi connectivity index (χ1v) is 10.9. The van der Waals surface area contributed by atoms with Gasteiger partial charge in [-0.1, -0.05) is 11.6 Å². The van der Waals surface area contributed by atoms with Crippen LogP contribution in [0.2, 0.25) is 0 Å². The Hall–Kier alpha value is -3.87. The van der Waals surface area contributed by atoms with E-state index in [2.05, 4.69) is 67.3 Å². The van der Waals surface area contributed by atoms with E-state index < -0.39 is 0 Å². The zero-order chi connectivity index (χ0) is 21.9. The minimum atomic E-state index is -0.0502. The SMILES string of the molecule is Cc1ccc2[nH]c(=O)c(CNc3ccc(N4CCN(c5ncccn5)CC4)cc3)cc2c1. The third-order valence-electron chi connectivity index (χ3n) is 5.91. The largest absolute Gasteiger partial charge is 0.381 e. The number of rotatable bonds is 5. The highest BCUT2D eigenvalue weighted by Gasteiger charge is 2.18. The highest BCUT2D eigenvalue weighted by atomic mass is 16.1. The molecule has 1 saturated heterocycles. The molecule has 2 N–H and O–H groups in total. The zero-order valence-corrected chi connectivity index (χ0v) is 18.1. The Bertz CT molecular complexity index is 1260. The molecule has 0 unspecified atom stereocenters. The Kier molecular flexibility index (Phi) is 5.46. The van der Waals surface area contributed by atoms with Crippen molar-refractivity contribution in [3.63, 3.8) is 0 Å². The average molecular weight is 427 g/mol. The lowest BCUT2D eigenvalue weighted by atomic mass is 10.1. The Labute approximate surface area is 186 Å². The van der Waals surface area contributed by atoms with Gasteiger partial charge in [0, 0.05) is 67.6 Å². The lowest BCUT2D eigenvalue weighted by Gasteiger charge is -2.36. The molecule has 0 amide bonds. The summed E-state index contributed by atoms with van der Waals surface area (Å²) in [4.78, 5) is 28.7. The highest BCUT2D eigenvalue weighted by molar-refractivity contribution is 5.79. The lowest BCUT2D eigenvalue weighted by molar-refractivity contribution is 0.640. The predicted octanol–water partition coefficient (Wildman–Crippen LogP) is 3.57. The molecule has 32 heavy (non-hydrogen) atoms. The molecular formula is C25H26N6O. The van der Waals surface area contributed by atoms with Gasteiger partial charge in [-0.2, -0.15) is 0 Å². The number of aromatic nitrogens is 3. The molecule has 0 bridgehead atoms. The monoisotopic (exact) mass is 426 g/mol. The number of nitrogens with zero attached hydrogens (tertiary/aromatic N) is 4. The lowest BCUT2D eigenvalue weighted by Crippen LogP contribution is -2.47. The van der Waals surface area contributed by atoms with E-state index in [1.807, 2.05) is 24.3 Å². The number of H-pyrrole nitrogens is 1. The maximum Gasteiger partial charge on any atom is 0.253 e. The van der Waals surface area contributed by atoms with Crippen LogP contribution in [-0.2, 0) is 6.54 Å². The van der Waals surface area contributed by atoms with Gasteiger partial charge in [0.1, 0.15) is 0 Å². The van der Waals surface area contributed by atoms with Crippen LogP contribution < -0.4 is 20.7 Å². The Morgan fingerprint density at radius 1 is 0.938 bits per heavy atom. The first-order valence-electron chi connectivity index (χ1n) is 10.9. The van der Waals surface area contributed by atoms with E-state index >= 15 is 0 Å². The molecule has 7 nitrogen and oxygen atoms in total. The summed E-state index contributed by atoms with van der Waals surface area (Å²) in [5, 5.41) is 4.43. The average Bonchev–Trinajstić information content (AvgIpc) is 2.84. The van der Waals surface area contributed by atoms with Gasteiger partial charge in [0.15, 0.2) is 0 Å². The summed E-state index contributed by atoms with van der Waals surface area (Å²) in [6.45, 7) is 6.18. The van der Waals surface area contributed by atoms with E-state index in [1.165, 1.54) is 11.3 Å². The van der Waals surface area contributed by atoms with Gasteiger partial charge in [0.25, 0.3) is 5.56 Å². The van der Waals surface area contributed by atoms with Crippen LogP contribution in [0.15, 0.2) is 71.8 Å². The van der Waals surface area contributed by atoms with Crippen molar-refractivity contribution in [1.82, 2.24) is 15.0 Å². The van der Waals surface area contributed by atoms with Crippen molar-refractivity contribution in [3.05, 3.63) is 88.5 Å². The van der Waals surface area contributed by atoms with Crippen molar-refractivity contribution in [2.24, 2.45) is 0 Å². The number of aromatic amines is 1. The van der Waals surface area contributed by atoms with Crippen LogP contribution in [0.5, 0.6) is 0 Å². The second-order valence-electron chi connectivity index (χ2n) is 8.14. The molecule has 0 spiro atoms. The molecule has 1 fully saturated rings. The van der Waals surface area contributed by atoms with Crippen molar-refractivity contribution < 1.29 is 0 Å². The number of pyridine rings is 1. The maximum absolute atomic E-state index is 12.4. The smallest absolute Gasteiger partial charge is 0.253 e. The molecule has 3 heterocycles. The molecular weight excluding hydrogens is 400 g/mol. The number of hydrogen-bond donors (Lipinski definition) is 2. The van der Waals surface area contributed by atoms with E-state index in [-0.39, 0.29) is 5.56 Å². The highest BCUT2D eigenvalue weighted by Crippen LogP contribution is 2.21. The van der Waals surface area contributed by atoms with Crippen molar-refractivity contribution in [2.45, 2.75) is 13.5 Å². The van der Waals surface area contributed by atoms with Crippen LogP contribution in [-0.4, -0.2) is 41.1 Å². The minimum Gasteiger partial charge on any atom is -0.381 e. The summed E-state index contributed by atoms with van der Waals surface area (Å²) < 4.78 is 0. The Morgan fingerprint density at radius 3 is 2.41 bits per heavy atom. The number of fused-ring (bicyclic) bond motifs is 1. The van der Waals surface area contributed by atoms with Crippen LogP contribution in [0.1, 0.15) is 11.1 Å². The zero-order valence-electron chi connectivity index (χ0n) is 18.1. The molecule has 1 aliphatic heterocycles. The van der Waals surface area contributed by atoms with Crippen LogP contribution in [0.3, 0.4) is 0 Å². The second-order valence-corrected chi connectivity index (χ2v) is 8.14. The topological polar surface area (TPSA) is 77.2 Å². The summed E-state index contributed by atoms with van der Waals surface area (Å²) in [6.07, 6.45) is 3.57. The van der Waals surface area contributed by atoms with E-state index in [4.69, 9.17) is 0 Å². The molecule has 0 aliphatic carbocycles. The number of aryl methyl sites for hydroxylation is 1. The van der Waals surface area contributed by atoms with Gasteiger partial charge in [0.2, 0.25) is 5.95 Å².